The van der Waals surface area contributed by atoms with Crippen LogP contribution in [0.4, 0.5) is 5.69 Å². The fraction of sp³-hybridized carbons (Fsp3) is 0.500. The van der Waals surface area contributed by atoms with Gasteiger partial charge in [-0.15, -0.1) is 0 Å². The Bertz CT molecular complexity index is 528. The molecule has 21 heavy (non-hydrogen) atoms. The molecule has 0 aliphatic rings. The summed E-state index contributed by atoms with van der Waals surface area (Å²) >= 11 is 0. The molecule has 0 heterocycles. The maximum atomic E-state index is 11.4. The van der Waals surface area contributed by atoms with Crippen molar-refractivity contribution in [3.8, 4) is 5.75 Å². The van der Waals surface area contributed by atoms with Crippen molar-refractivity contribution in [2.75, 3.05) is 13.7 Å². The molecule has 0 bridgehead atoms. The zero-order valence-electron chi connectivity index (χ0n) is 12.4. The highest BCUT2D eigenvalue weighted by molar-refractivity contribution is 5.79. The van der Waals surface area contributed by atoms with Gasteiger partial charge in [-0.25, -0.2) is 0 Å². The normalized spacial score (nSPS) is 13.3. The Labute approximate surface area is 123 Å². The summed E-state index contributed by atoms with van der Waals surface area (Å²) in [5, 5.41) is 10.9. The number of hydrogen-bond acceptors (Lipinski definition) is 6. The Morgan fingerprint density at radius 3 is 2.71 bits per heavy atom. The van der Waals surface area contributed by atoms with Crippen LogP contribution >= 0.6 is 0 Å². The van der Waals surface area contributed by atoms with Crippen molar-refractivity contribution in [1.82, 2.24) is 0 Å². The highest BCUT2D eigenvalue weighted by Crippen LogP contribution is 2.28. The number of hydrogen-bond donors (Lipinski definition) is 1. The first-order chi connectivity index (χ1) is 9.77. The van der Waals surface area contributed by atoms with E-state index in [4.69, 9.17) is 10.5 Å². The molecule has 7 nitrogen and oxygen atoms in total. The molecular weight excluding hydrogens is 276 g/mol. The molecule has 0 saturated heterocycles. The molecule has 1 rings (SSSR count). The minimum absolute atomic E-state index is 0.0709. The van der Waals surface area contributed by atoms with E-state index in [1.807, 2.05) is 0 Å². The summed E-state index contributed by atoms with van der Waals surface area (Å²) in [5.74, 6) is -0.286. The van der Waals surface area contributed by atoms with Gasteiger partial charge in [0.1, 0.15) is 5.54 Å². The van der Waals surface area contributed by atoms with Crippen molar-refractivity contribution >= 4 is 11.7 Å². The maximum absolute atomic E-state index is 11.4. The predicted octanol–water partition coefficient (Wildman–Crippen LogP) is 1.95. The summed E-state index contributed by atoms with van der Waals surface area (Å²) in [6.07, 6.45) is 0.840. The standard InChI is InChI=1S/C14H20N2O5/c1-10-5-6-12(11(9-10)16(18)19)21-8-4-7-14(2,15)13(17)20-3/h5-6,9H,4,7-8,15H2,1-3H3. The van der Waals surface area contributed by atoms with Gasteiger partial charge in [-0.3, -0.25) is 14.9 Å². The molecule has 0 saturated carbocycles. The number of benzene rings is 1. The van der Waals surface area contributed by atoms with E-state index in [-0.39, 0.29) is 18.0 Å². The first-order valence-corrected chi connectivity index (χ1v) is 6.53. The van der Waals surface area contributed by atoms with Gasteiger partial charge in [0.25, 0.3) is 0 Å². The van der Waals surface area contributed by atoms with Crippen LogP contribution in [0.1, 0.15) is 25.3 Å². The smallest absolute Gasteiger partial charge is 0.325 e. The summed E-state index contributed by atoms with van der Waals surface area (Å²) in [5.41, 5.74) is 5.44. The van der Waals surface area contributed by atoms with Crippen LogP contribution in [-0.4, -0.2) is 30.1 Å². The number of rotatable bonds is 7. The second-order valence-corrected chi connectivity index (χ2v) is 5.09. The number of nitrogens with two attached hydrogens (primary N) is 1. The summed E-state index contributed by atoms with van der Waals surface area (Å²) in [6, 6.07) is 4.76. The van der Waals surface area contributed by atoms with Crippen LogP contribution in [0.25, 0.3) is 0 Å². The van der Waals surface area contributed by atoms with Gasteiger partial charge in [0.2, 0.25) is 0 Å². The SMILES string of the molecule is COC(=O)C(C)(N)CCCOc1ccc(C)cc1[N+](=O)[O-]. The van der Waals surface area contributed by atoms with Gasteiger partial charge < -0.3 is 15.2 Å². The third-order valence-corrected chi connectivity index (χ3v) is 3.06. The van der Waals surface area contributed by atoms with Crippen molar-refractivity contribution in [2.24, 2.45) is 5.73 Å². The largest absolute Gasteiger partial charge is 0.487 e. The number of carbonyl (C=O) groups is 1. The van der Waals surface area contributed by atoms with Gasteiger partial charge in [0, 0.05) is 6.07 Å². The van der Waals surface area contributed by atoms with Crippen LogP contribution in [0.3, 0.4) is 0 Å². The predicted molar refractivity (Wildman–Crippen MR) is 77.2 cm³/mol. The van der Waals surface area contributed by atoms with Gasteiger partial charge in [-0.05, 0) is 38.3 Å². The molecule has 0 amide bonds. The Morgan fingerprint density at radius 1 is 1.48 bits per heavy atom. The first kappa shape index (κ1) is 16.9. The van der Waals surface area contributed by atoms with Crippen LogP contribution in [-0.2, 0) is 9.53 Å². The van der Waals surface area contributed by atoms with E-state index in [9.17, 15) is 14.9 Å². The number of carbonyl (C=O) groups excluding carboxylic acids is 1. The highest BCUT2D eigenvalue weighted by Gasteiger charge is 2.28. The number of nitro benzene ring substituents is 1. The van der Waals surface area contributed by atoms with Crippen LogP contribution in [0.5, 0.6) is 5.75 Å². The molecule has 7 heteroatoms. The molecule has 1 atom stereocenters. The first-order valence-electron chi connectivity index (χ1n) is 6.53. The number of nitrogens with zero attached hydrogens (tertiary/aromatic N) is 1. The molecule has 0 radical (unpaired) electrons. The fourth-order valence-corrected chi connectivity index (χ4v) is 1.85. The summed E-state index contributed by atoms with van der Waals surface area (Å²) in [4.78, 5) is 21.9. The van der Waals surface area contributed by atoms with E-state index in [0.29, 0.717) is 12.8 Å². The molecule has 116 valence electrons. The molecule has 0 fully saturated rings. The number of esters is 1. The summed E-state index contributed by atoms with van der Waals surface area (Å²) in [7, 11) is 1.28. The monoisotopic (exact) mass is 296 g/mol. The number of aryl methyl sites for hydroxylation is 1. The summed E-state index contributed by atoms with van der Waals surface area (Å²) < 4.78 is 10.0. The van der Waals surface area contributed by atoms with Crippen LogP contribution < -0.4 is 10.5 Å². The molecule has 0 aromatic heterocycles. The summed E-state index contributed by atoms with van der Waals surface area (Å²) in [6.45, 7) is 3.58. The van der Waals surface area contributed by atoms with Crippen molar-refractivity contribution in [3.05, 3.63) is 33.9 Å². The minimum atomic E-state index is -1.09. The highest BCUT2D eigenvalue weighted by atomic mass is 16.6. The van der Waals surface area contributed by atoms with E-state index in [1.54, 1.807) is 26.0 Å². The van der Waals surface area contributed by atoms with Crippen LogP contribution in [0, 0.1) is 17.0 Å². The van der Waals surface area contributed by atoms with E-state index in [2.05, 4.69) is 4.74 Å². The Balaban J connectivity index is 2.57. The van der Waals surface area contributed by atoms with Gasteiger partial charge in [0.15, 0.2) is 5.75 Å². The molecule has 0 aliphatic carbocycles. The lowest BCUT2D eigenvalue weighted by molar-refractivity contribution is -0.385. The van der Waals surface area contributed by atoms with Crippen LogP contribution in [0.15, 0.2) is 18.2 Å². The van der Waals surface area contributed by atoms with Gasteiger partial charge in [-0.1, -0.05) is 6.07 Å². The quantitative estimate of drug-likeness (QED) is 0.357. The van der Waals surface area contributed by atoms with Gasteiger partial charge in [-0.2, -0.15) is 0 Å². The number of ether oxygens (including phenoxy) is 2. The zero-order valence-corrected chi connectivity index (χ0v) is 12.4. The van der Waals surface area contributed by atoms with E-state index >= 15 is 0 Å². The van der Waals surface area contributed by atoms with Gasteiger partial charge in [0.05, 0.1) is 18.6 Å². The Kier molecular flexibility index (Phi) is 5.66. The topological polar surface area (TPSA) is 105 Å². The Hall–Kier alpha value is -2.15. The van der Waals surface area contributed by atoms with Crippen LogP contribution in [0.2, 0.25) is 0 Å². The van der Waals surface area contributed by atoms with E-state index in [0.717, 1.165) is 5.56 Å². The lowest BCUT2D eigenvalue weighted by Gasteiger charge is -2.21. The molecule has 1 aromatic rings. The maximum Gasteiger partial charge on any atom is 0.325 e. The number of methoxy groups -OCH3 is 1. The van der Waals surface area contributed by atoms with Crippen molar-refractivity contribution < 1.29 is 19.2 Å². The molecule has 0 spiro atoms. The molecule has 0 aliphatic heterocycles. The van der Waals surface area contributed by atoms with Crippen molar-refractivity contribution in [1.29, 1.82) is 0 Å². The third-order valence-electron chi connectivity index (χ3n) is 3.06. The number of nitro groups is 1. The third kappa shape index (κ3) is 4.71. The molecule has 1 aromatic carbocycles. The fourth-order valence-electron chi connectivity index (χ4n) is 1.85. The van der Waals surface area contributed by atoms with E-state index < -0.39 is 16.4 Å². The minimum Gasteiger partial charge on any atom is -0.487 e. The molecule has 1 unspecified atom stereocenters. The average molecular weight is 296 g/mol. The average Bonchev–Trinajstić information content (AvgIpc) is 2.43. The Morgan fingerprint density at radius 2 is 2.14 bits per heavy atom. The van der Waals surface area contributed by atoms with Crippen molar-refractivity contribution in [2.45, 2.75) is 32.2 Å². The second-order valence-electron chi connectivity index (χ2n) is 5.09. The lowest BCUT2D eigenvalue weighted by Crippen LogP contribution is -2.45. The van der Waals surface area contributed by atoms with Gasteiger partial charge >= 0.3 is 11.7 Å². The van der Waals surface area contributed by atoms with E-state index in [1.165, 1.54) is 13.2 Å². The zero-order chi connectivity index (χ0) is 16.0. The second kappa shape index (κ2) is 7.03. The lowest BCUT2D eigenvalue weighted by atomic mass is 9.98. The van der Waals surface area contributed by atoms with Crippen molar-refractivity contribution in [3.63, 3.8) is 0 Å². The molecular formula is C14H20N2O5. The molecule has 2 N–H and O–H groups in total.